The molecule has 0 bridgehead atoms. The SMILES string of the molecule is CC1(Nc2ccc3ncnc(Oc4ccc(Cl)c(Cl)c4F)c3n2)CN(C(=O)OC(C)(C)C)C1. The third kappa shape index (κ3) is 5.04. The van der Waals surface area contributed by atoms with Crippen LogP contribution in [0.3, 0.4) is 0 Å². The van der Waals surface area contributed by atoms with Gasteiger partial charge in [0.2, 0.25) is 5.88 Å². The minimum absolute atomic E-state index is 0.0649. The molecule has 1 amide bonds. The fourth-order valence-corrected chi connectivity index (χ4v) is 3.70. The number of nitrogens with zero attached hydrogens (tertiary/aromatic N) is 4. The maximum atomic E-state index is 14.4. The molecule has 0 radical (unpaired) electrons. The van der Waals surface area contributed by atoms with Gasteiger partial charge < -0.3 is 19.7 Å². The molecule has 1 aliphatic heterocycles. The predicted molar refractivity (Wildman–Crippen MR) is 124 cm³/mol. The van der Waals surface area contributed by atoms with Gasteiger partial charge in [-0.05, 0) is 52.0 Å². The van der Waals surface area contributed by atoms with Crippen molar-refractivity contribution in [2.24, 2.45) is 0 Å². The highest BCUT2D eigenvalue weighted by Crippen LogP contribution is 2.35. The lowest BCUT2D eigenvalue weighted by atomic mass is 9.92. The maximum absolute atomic E-state index is 14.4. The summed E-state index contributed by atoms with van der Waals surface area (Å²) < 4.78 is 25.5. The third-order valence-corrected chi connectivity index (χ3v) is 5.60. The average Bonchev–Trinajstić information content (AvgIpc) is 2.71. The van der Waals surface area contributed by atoms with E-state index in [2.05, 4.69) is 20.3 Å². The average molecular weight is 494 g/mol. The summed E-state index contributed by atoms with van der Waals surface area (Å²) in [5, 5.41) is 3.17. The Bertz CT molecular complexity index is 1230. The van der Waals surface area contributed by atoms with Gasteiger partial charge in [0.15, 0.2) is 17.1 Å². The molecular weight excluding hydrogens is 472 g/mol. The fraction of sp³-hybridized carbons (Fsp3) is 0.364. The van der Waals surface area contributed by atoms with E-state index in [1.165, 1.54) is 18.5 Å². The van der Waals surface area contributed by atoms with Gasteiger partial charge in [0, 0.05) is 13.1 Å². The Morgan fingerprint density at radius 1 is 1.18 bits per heavy atom. The minimum Gasteiger partial charge on any atom is -0.444 e. The largest absolute Gasteiger partial charge is 0.444 e. The maximum Gasteiger partial charge on any atom is 0.410 e. The molecular formula is C22H22Cl2FN5O3. The van der Waals surface area contributed by atoms with Crippen LogP contribution in [0.2, 0.25) is 10.0 Å². The van der Waals surface area contributed by atoms with Gasteiger partial charge in [-0.3, -0.25) is 0 Å². The molecule has 11 heteroatoms. The van der Waals surface area contributed by atoms with Crippen LogP contribution < -0.4 is 10.1 Å². The molecule has 174 valence electrons. The minimum atomic E-state index is -0.797. The van der Waals surface area contributed by atoms with Crippen LogP contribution >= 0.6 is 23.2 Å². The van der Waals surface area contributed by atoms with Gasteiger partial charge in [0.1, 0.15) is 17.7 Å². The van der Waals surface area contributed by atoms with E-state index in [0.717, 1.165) is 0 Å². The summed E-state index contributed by atoms with van der Waals surface area (Å²) in [7, 11) is 0. The van der Waals surface area contributed by atoms with Crippen molar-refractivity contribution < 1.29 is 18.7 Å². The van der Waals surface area contributed by atoms with Crippen LogP contribution in [0.25, 0.3) is 11.0 Å². The number of pyridine rings is 1. The molecule has 1 aliphatic rings. The second-order valence-corrected chi connectivity index (χ2v) is 9.83. The zero-order chi connectivity index (χ0) is 24.0. The first-order valence-electron chi connectivity index (χ1n) is 10.1. The van der Waals surface area contributed by atoms with Gasteiger partial charge in [0.05, 0.1) is 21.1 Å². The Hall–Kier alpha value is -2.91. The second kappa shape index (κ2) is 8.46. The Balaban J connectivity index is 1.53. The zero-order valence-corrected chi connectivity index (χ0v) is 20.0. The Labute approximate surface area is 200 Å². The van der Waals surface area contributed by atoms with Gasteiger partial charge in [0.25, 0.3) is 0 Å². The van der Waals surface area contributed by atoms with E-state index >= 15 is 0 Å². The lowest BCUT2D eigenvalue weighted by Gasteiger charge is -2.48. The lowest BCUT2D eigenvalue weighted by molar-refractivity contribution is -0.00129. The normalized spacial score (nSPS) is 15.2. The predicted octanol–water partition coefficient (Wildman–Crippen LogP) is 5.68. The number of halogens is 3. The van der Waals surface area contributed by atoms with E-state index in [0.29, 0.717) is 29.9 Å². The fourth-order valence-electron chi connectivity index (χ4n) is 3.39. The third-order valence-electron chi connectivity index (χ3n) is 4.82. The number of nitrogens with one attached hydrogen (secondary N) is 1. The molecule has 1 aromatic carbocycles. The molecule has 4 rings (SSSR count). The molecule has 0 unspecified atom stereocenters. The van der Waals surface area contributed by atoms with Crippen LogP contribution in [0.5, 0.6) is 11.6 Å². The Morgan fingerprint density at radius 2 is 1.91 bits per heavy atom. The van der Waals surface area contributed by atoms with Crippen molar-refractivity contribution in [3.8, 4) is 11.6 Å². The highest BCUT2D eigenvalue weighted by molar-refractivity contribution is 6.42. The molecule has 3 heterocycles. The summed E-state index contributed by atoms with van der Waals surface area (Å²) >= 11 is 11.7. The molecule has 0 aliphatic carbocycles. The molecule has 1 N–H and O–H groups in total. The number of hydrogen-bond acceptors (Lipinski definition) is 7. The van der Waals surface area contributed by atoms with Crippen molar-refractivity contribution in [2.75, 3.05) is 18.4 Å². The standard InChI is InChI=1S/C22H22Cl2FN5O3/c1-21(2,3)33-20(31)30-9-22(4,10-30)29-15-8-6-13-18(28-15)19(27-11-26-13)32-14-7-5-12(23)16(24)17(14)25/h5-8,11H,9-10H2,1-4H3,(H,28,29). The van der Waals surface area contributed by atoms with Crippen molar-refractivity contribution in [3.63, 3.8) is 0 Å². The Morgan fingerprint density at radius 3 is 2.61 bits per heavy atom. The second-order valence-electron chi connectivity index (χ2n) is 9.04. The van der Waals surface area contributed by atoms with Gasteiger partial charge in [-0.1, -0.05) is 23.2 Å². The number of anilines is 1. The number of carbonyl (C=O) groups excluding carboxylic acids is 1. The van der Waals surface area contributed by atoms with E-state index in [1.54, 1.807) is 17.0 Å². The summed E-state index contributed by atoms with van der Waals surface area (Å²) in [6, 6.07) is 6.30. The Kier molecular flexibility index (Phi) is 5.96. The van der Waals surface area contributed by atoms with Crippen LogP contribution in [0.4, 0.5) is 15.0 Å². The molecule has 2 aromatic heterocycles. The van der Waals surface area contributed by atoms with Crippen LogP contribution in [0.15, 0.2) is 30.6 Å². The molecule has 33 heavy (non-hydrogen) atoms. The molecule has 8 nitrogen and oxygen atoms in total. The highest BCUT2D eigenvalue weighted by atomic mass is 35.5. The van der Waals surface area contributed by atoms with E-state index in [1.807, 2.05) is 27.7 Å². The van der Waals surface area contributed by atoms with Crippen LogP contribution in [-0.2, 0) is 4.74 Å². The lowest BCUT2D eigenvalue weighted by Crippen LogP contribution is -2.66. The number of hydrogen-bond donors (Lipinski definition) is 1. The van der Waals surface area contributed by atoms with Crippen molar-refractivity contribution >= 4 is 46.1 Å². The van der Waals surface area contributed by atoms with E-state index < -0.39 is 17.0 Å². The molecule has 1 saturated heterocycles. The van der Waals surface area contributed by atoms with Gasteiger partial charge >= 0.3 is 6.09 Å². The van der Waals surface area contributed by atoms with Crippen molar-refractivity contribution in [1.82, 2.24) is 19.9 Å². The van der Waals surface area contributed by atoms with Gasteiger partial charge in [-0.15, -0.1) is 0 Å². The number of likely N-dealkylation sites (tertiary alicyclic amines) is 1. The number of fused-ring (bicyclic) bond motifs is 1. The number of amides is 1. The van der Waals surface area contributed by atoms with Gasteiger partial charge in [-0.2, -0.15) is 4.98 Å². The van der Waals surface area contributed by atoms with E-state index in [-0.39, 0.29) is 27.8 Å². The number of rotatable bonds is 4. The zero-order valence-electron chi connectivity index (χ0n) is 18.4. The number of carbonyl (C=O) groups is 1. The quantitative estimate of drug-likeness (QED) is 0.467. The smallest absolute Gasteiger partial charge is 0.410 e. The van der Waals surface area contributed by atoms with E-state index in [9.17, 15) is 9.18 Å². The summed E-state index contributed by atoms with van der Waals surface area (Å²) in [6.07, 6.45) is 0.939. The van der Waals surface area contributed by atoms with Gasteiger partial charge in [-0.25, -0.2) is 19.2 Å². The number of ether oxygens (including phenoxy) is 2. The molecule has 0 spiro atoms. The monoisotopic (exact) mass is 493 g/mol. The van der Waals surface area contributed by atoms with Crippen molar-refractivity contribution in [1.29, 1.82) is 0 Å². The topological polar surface area (TPSA) is 89.5 Å². The number of benzene rings is 1. The molecule has 1 fully saturated rings. The van der Waals surface area contributed by atoms with Crippen LogP contribution in [0, 0.1) is 5.82 Å². The van der Waals surface area contributed by atoms with Crippen LogP contribution in [0.1, 0.15) is 27.7 Å². The molecule has 3 aromatic rings. The first-order chi connectivity index (χ1) is 15.4. The van der Waals surface area contributed by atoms with Crippen molar-refractivity contribution in [2.45, 2.75) is 38.8 Å². The van der Waals surface area contributed by atoms with Crippen LogP contribution in [-0.4, -0.2) is 50.2 Å². The summed E-state index contributed by atoms with van der Waals surface area (Å²) in [5.74, 6) is -0.337. The summed E-state index contributed by atoms with van der Waals surface area (Å²) in [6.45, 7) is 8.35. The van der Waals surface area contributed by atoms with E-state index in [4.69, 9.17) is 32.7 Å². The molecule has 0 atom stereocenters. The first-order valence-corrected chi connectivity index (χ1v) is 10.9. The molecule has 0 saturated carbocycles. The van der Waals surface area contributed by atoms with Crippen molar-refractivity contribution in [3.05, 3.63) is 46.5 Å². The first kappa shape index (κ1) is 23.3. The summed E-state index contributed by atoms with van der Waals surface area (Å²) in [4.78, 5) is 26.7. The highest BCUT2D eigenvalue weighted by Gasteiger charge is 2.43. The number of aromatic nitrogens is 3. The summed E-state index contributed by atoms with van der Waals surface area (Å²) in [5.41, 5.74) is -0.106.